The van der Waals surface area contributed by atoms with Crippen LogP contribution in [-0.2, 0) is 20.1 Å². The molecule has 1 saturated heterocycles. The van der Waals surface area contributed by atoms with Crippen molar-refractivity contribution in [3.8, 4) is 0 Å². The first-order valence-electron chi connectivity index (χ1n) is 15.7. The van der Waals surface area contributed by atoms with E-state index < -0.39 is 70.6 Å². The van der Waals surface area contributed by atoms with Gasteiger partial charge in [0.1, 0.15) is 12.8 Å². The van der Waals surface area contributed by atoms with Gasteiger partial charge in [-0.3, -0.25) is 9.59 Å². The maximum absolute atomic E-state index is 17.6. The Hall–Kier alpha value is -2.85. The average Bonchev–Trinajstić information content (AvgIpc) is 3.52. The lowest BCUT2D eigenvalue weighted by Gasteiger charge is -2.63. The number of rotatable bonds is 6. The second-order valence-corrected chi connectivity index (χ2v) is 15.1. The lowest BCUT2D eigenvalue weighted by atomic mass is 9.42. The SMILES string of the molecule is C[C@]12C=CC(=O)C=C1[C@@H](F)C[C@H]1[C@@H]3C[C@H]4O[C@H](c5ccc(CSc6ccc(N)cc6)cc5)C[C@@]4(C(=O)CO)[C@@]3(C)C[C@H](O)[C@@]12F. The van der Waals surface area contributed by atoms with Gasteiger partial charge in [-0.25, -0.2) is 8.78 Å². The van der Waals surface area contributed by atoms with E-state index in [2.05, 4.69) is 0 Å². The van der Waals surface area contributed by atoms with Crippen molar-refractivity contribution in [3.63, 3.8) is 0 Å². The Kier molecular flexibility index (Phi) is 7.24. The summed E-state index contributed by atoms with van der Waals surface area (Å²) < 4.78 is 40.1. The summed E-state index contributed by atoms with van der Waals surface area (Å²) in [4.78, 5) is 27.1. The van der Waals surface area contributed by atoms with Crippen LogP contribution in [0.1, 0.15) is 56.8 Å². The molecule has 2 aromatic carbocycles. The third-order valence-electron chi connectivity index (χ3n) is 12.2. The van der Waals surface area contributed by atoms with E-state index in [1.54, 1.807) is 18.7 Å². The van der Waals surface area contributed by atoms with Crippen molar-refractivity contribution in [3.05, 3.63) is 83.5 Å². The highest BCUT2D eigenvalue weighted by Gasteiger charge is 2.78. The van der Waals surface area contributed by atoms with Gasteiger partial charge in [-0.2, -0.15) is 0 Å². The molecule has 0 spiro atoms. The summed E-state index contributed by atoms with van der Waals surface area (Å²) in [6.07, 6.45) is 0.149. The molecule has 4 aliphatic carbocycles. The predicted molar refractivity (Wildman–Crippen MR) is 168 cm³/mol. The molecule has 2 aromatic rings. The number of alkyl halides is 2. The number of nitrogen functional groups attached to an aromatic ring is 1. The summed E-state index contributed by atoms with van der Waals surface area (Å²) in [6.45, 7) is 2.78. The largest absolute Gasteiger partial charge is 0.399 e. The molecule has 1 aliphatic heterocycles. The third kappa shape index (κ3) is 4.23. The van der Waals surface area contributed by atoms with Crippen molar-refractivity contribution in [1.82, 2.24) is 0 Å². The maximum Gasteiger partial charge on any atom is 0.178 e. The number of benzene rings is 2. The van der Waals surface area contributed by atoms with E-state index in [-0.39, 0.29) is 30.6 Å². The minimum absolute atomic E-state index is 0.0358. The first-order valence-corrected chi connectivity index (χ1v) is 16.7. The fourth-order valence-corrected chi connectivity index (χ4v) is 10.7. The van der Waals surface area contributed by atoms with Crippen LogP contribution in [-0.4, -0.2) is 52.4 Å². The number of ether oxygens (including phenoxy) is 1. The van der Waals surface area contributed by atoms with Crippen LogP contribution < -0.4 is 5.73 Å². The predicted octanol–water partition coefficient (Wildman–Crippen LogP) is 5.87. The molecular weight excluding hydrogens is 596 g/mol. The molecule has 238 valence electrons. The van der Waals surface area contributed by atoms with E-state index in [4.69, 9.17) is 10.5 Å². The monoisotopic (exact) mass is 635 g/mol. The van der Waals surface area contributed by atoms with Gasteiger partial charge in [0.15, 0.2) is 17.2 Å². The molecule has 4 N–H and O–H groups in total. The van der Waals surface area contributed by atoms with Gasteiger partial charge in [-0.1, -0.05) is 37.3 Å². The number of aliphatic hydroxyl groups is 2. The molecule has 5 aliphatic rings. The van der Waals surface area contributed by atoms with Gasteiger partial charge in [0.2, 0.25) is 0 Å². The van der Waals surface area contributed by atoms with E-state index >= 15 is 8.78 Å². The number of halogens is 2. The highest BCUT2D eigenvalue weighted by Crippen LogP contribution is 2.75. The fourth-order valence-electron chi connectivity index (χ4n) is 9.88. The molecule has 45 heavy (non-hydrogen) atoms. The molecule has 6 nitrogen and oxygen atoms in total. The number of hydrogen-bond donors (Lipinski definition) is 3. The second kappa shape index (κ2) is 10.6. The zero-order valence-electron chi connectivity index (χ0n) is 25.4. The van der Waals surface area contributed by atoms with Crippen LogP contribution in [0.15, 0.2) is 77.2 Å². The topological polar surface area (TPSA) is 110 Å². The Balaban J connectivity index is 1.17. The Morgan fingerprint density at radius 1 is 1.07 bits per heavy atom. The van der Waals surface area contributed by atoms with Crippen LogP contribution in [0.3, 0.4) is 0 Å². The number of fused-ring (bicyclic) bond motifs is 7. The number of aliphatic hydroxyl groups excluding tert-OH is 2. The molecule has 1 heterocycles. The number of carbonyl (C=O) groups is 2. The van der Waals surface area contributed by atoms with Gasteiger partial charge in [0.05, 0.1) is 23.7 Å². The molecule has 0 unspecified atom stereocenters. The first kappa shape index (κ1) is 30.8. The number of Topliss-reactive ketones (excluding diaryl/α,β-unsaturated/α-hetero) is 1. The van der Waals surface area contributed by atoms with E-state index in [0.717, 1.165) is 27.5 Å². The molecular formula is C36H39F2NO5S. The number of nitrogens with two attached hydrogens (primary N) is 1. The maximum atomic E-state index is 17.6. The molecule has 0 bridgehead atoms. The molecule has 0 radical (unpaired) electrons. The number of allylic oxidation sites excluding steroid dienone is 4. The van der Waals surface area contributed by atoms with E-state index in [1.807, 2.05) is 55.5 Å². The fraction of sp³-hybridized carbons (Fsp3) is 0.500. The van der Waals surface area contributed by atoms with Crippen LogP contribution in [0.4, 0.5) is 14.5 Å². The standard InChI is InChI=1S/C36H39F2NO5S/c1-33-12-11-23(41)13-27(33)28(37)14-26-25-15-32-35(31(43)18-40,34(25,2)17-30(42)36(26,33)38)16-29(44-32)21-5-3-20(4-6-21)19-45-24-9-7-22(39)8-10-24/h3-13,25-26,28-30,32,40,42H,14-19,39H2,1-2H3/t25-,26-,28-,29-,30-,32+,33-,34-,35-,36-/m0/s1. The minimum Gasteiger partial charge on any atom is -0.399 e. The van der Waals surface area contributed by atoms with Crippen molar-refractivity contribution in [2.75, 3.05) is 12.3 Å². The van der Waals surface area contributed by atoms with Crippen LogP contribution >= 0.6 is 11.8 Å². The van der Waals surface area contributed by atoms with Crippen molar-refractivity contribution >= 4 is 29.0 Å². The molecule has 7 rings (SSSR count). The Bertz CT molecular complexity index is 1600. The molecule has 0 aromatic heterocycles. The zero-order valence-corrected chi connectivity index (χ0v) is 26.2. The normalized spacial score (nSPS) is 41.6. The number of carbonyl (C=O) groups excluding carboxylic acids is 2. The number of anilines is 1. The molecule has 4 fully saturated rings. The Morgan fingerprint density at radius 2 is 1.78 bits per heavy atom. The smallest absolute Gasteiger partial charge is 0.178 e. The van der Waals surface area contributed by atoms with E-state index in [0.29, 0.717) is 6.42 Å². The van der Waals surface area contributed by atoms with Crippen molar-refractivity contribution in [1.29, 1.82) is 0 Å². The van der Waals surface area contributed by atoms with Gasteiger partial charge >= 0.3 is 0 Å². The van der Waals surface area contributed by atoms with Gasteiger partial charge in [0.25, 0.3) is 0 Å². The molecule has 10 atom stereocenters. The van der Waals surface area contributed by atoms with Gasteiger partial charge in [-0.05, 0) is 97.1 Å². The second-order valence-electron chi connectivity index (χ2n) is 14.1. The van der Waals surface area contributed by atoms with Crippen LogP contribution in [0.25, 0.3) is 0 Å². The van der Waals surface area contributed by atoms with Gasteiger partial charge in [0, 0.05) is 27.7 Å². The first-order chi connectivity index (χ1) is 21.4. The van der Waals surface area contributed by atoms with Crippen molar-refractivity contribution < 1.29 is 33.3 Å². The summed E-state index contributed by atoms with van der Waals surface area (Å²) in [6, 6.07) is 15.8. The van der Waals surface area contributed by atoms with Crippen LogP contribution in [0.2, 0.25) is 0 Å². The summed E-state index contributed by atoms with van der Waals surface area (Å²) in [5.41, 5.74) is 2.79. The van der Waals surface area contributed by atoms with Crippen LogP contribution in [0.5, 0.6) is 0 Å². The van der Waals surface area contributed by atoms with Gasteiger partial charge < -0.3 is 20.7 Å². The summed E-state index contributed by atoms with van der Waals surface area (Å²) >= 11 is 1.70. The van der Waals surface area contributed by atoms with Crippen molar-refractivity contribution in [2.24, 2.45) is 28.1 Å². The number of hydrogen-bond acceptors (Lipinski definition) is 7. The number of ketones is 2. The summed E-state index contributed by atoms with van der Waals surface area (Å²) in [5, 5.41) is 22.0. The highest BCUT2D eigenvalue weighted by molar-refractivity contribution is 7.98. The third-order valence-corrected chi connectivity index (χ3v) is 13.3. The lowest BCUT2D eigenvalue weighted by molar-refractivity contribution is -0.211. The Morgan fingerprint density at radius 3 is 2.47 bits per heavy atom. The molecule has 0 amide bonds. The minimum atomic E-state index is -2.23. The average molecular weight is 636 g/mol. The van der Waals surface area contributed by atoms with E-state index in [1.165, 1.54) is 18.2 Å². The summed E-state index contributed by atoms with van der Waals surface area (Å²) in [7, 11) is 0. The lowest BCUT2D eigenvalue weighted by Crippen LogP contribution is -2.69. The van der Waals surface area contributed by atoms with Crippen molar-refractivity contribution in [2.45, 2.75) is 80.3 Å². The summed E-state index contributed by atoms with van der Waals surface area (Å²) in [5.74, 6) is -1.38. The number of thioether (sulfide) groups is 1. The quantitative estimate of drug-likeness (QED) is 0.269. The highest BCUT2D eigenvalue weighted by atomic mass is 32.2. The zero-order chi connectivity index (χ0) is 31.9. The van der Waals surface area contributed by atoms with Gasteiger partial charge in [-0.15, -0.1) is 11.8 Å². The van der Waals surface area contributed by atoms with Crippen LogP contribution in [0, 0.1) is 28.1 Å². The molecule has 3 saturated carbocycles. The molecule has 9 heteroatoms. The van der Waals surface area contributed by atoms with E-state index in [9.17, 15) is 19.8 Å². The Labute approximate surface area is 266 Å².